The number of carbonyl (C=O) groups excluding carboxylic acids is 1. The number of nitrogens with two attached hydrogens (primary N) is 1. The van der Waals surface area contributed by atoms with Crippen molar-refractivity contribution >= 4 is 21.8 Å². The van der Waals surface area contributed by atoms with Gasteiger partial charge in [-0.1, -0.05) is 15.9 Å². The van der Waals surface area contributed by atoms with Crippen molar-refractivity contribution in [1.29, 1.82) is 0 Å². The van der Waals surface area contributed by atoms with Crippen LogP contribution in [0.3, 0.4) is 0 Å². The number of amides is 1. The number of rotatable bonds is 5. The maximum atomic E-state index is 12.1. The van der Waals surface area contributed by atoms with Crippen molar-refractivity contribution in [2.24, 2.45) is 5.73 Å². The van der Waals surface area contributed by atoms with Gasteiger partial charge in [0.05, 0.1) is 0 Å². The molecule has 0 aliphatic heterocycles. The van der Waals surface area contributed by atoms with Gasteiger partial charge in [-0.05, 0) is 70.8 Å². The fourth-order valence-electron chi connectivity index (χ4n) is 2.01. The van der Waals surface area contributed by atoms with Gasteiger partial charge in [0.15, 0.2) is 6.10 Å². The van der Waals surface area contributed by atoms with Crippen LogP contribution in [-0.4, -0.2) is 24.1 Å². The average molecular weight is 357 g/mol. The monoisotopic (exact) mass is 356 g/mol. The molecule has 5 heteroatoms. The average Bonchev–Trinajstić information content (AvgIpc) is 2.31. The SMILES string of the molecule is Cc1cc(Br)cc(CCN)c1OC(C)C(=O)NC(C)(C)C. The van der Waals surface area contributed by atoms with Crippen LogP contribution >= 0.6 is 15.9 Å². The Morgan fingerprint density at radius 2 is 2.05 bits per heavy atom. The summed E-state index contributed by atoms with van der Waals surface area (Å²) in [6.07, 6.45) is 0.157. The third kappa shape index (κ3) is 5.67. The van der Waals surface area contributed by atoms with Crippen LogP contribution in [0.4, 0.5) is 0 Å². The van der Waals surface area contributed by atoms with Gasteiger partial charge in [-0.15, -0.1) is 0 Å². The zero-order chi connectivity index (χ0) is 16.2. The highest BCUT2D eigenvalue weighted by atomic mass is 79.9. The number of nitrogens with one attached hydrogen (secondary N) is 1. The van der Waals surface area contributed by atoms with Gasteiger partial charge in [-0.2, -0.15) is 0 Å². The fourth-order valence-corrected chi connectivity index (χ4v) is 2.63. The van der Waals surface area contributed by atoms with E-state index in [0.29, 0.717) is 13.0 Å². The molecule has 0 aliphatic carbocycles. The lowest BCUT2D eigenvalue weighted by molar-refractivity contribution is -0.128. The smallest absolute Gasteiger partial charge is 0.261 e. The molecule has 21 heavy (non-hydrogen) atoms. The van der Waals surface area contributed by atoms with Crippen molar-refractivity contribution in [3.05, 3.63) is 27.7 Å². The quantitative estimate of drug-likeness (QED) is 0.852. The summed E-state index contributed by atoms with van der Waals surface area (Å²) in [7, 11) is 0. The molecule has 1 atom stereocenters. The summed E-state index contributed by atoms with van der Waals surface area (Å²) in [4.78, 5) is 12.1. The summed E-state index contributed by atoms with van der Waals surface area (Å²) < 4.78 is 6.89. The second-order valence-electron chi connectivity index (χ2n) is 6.25. The van der Waals surface area contributed by atoms with Gasteiger partial charge in [0, 0.05) is 10.0 Å². The highest BCUT2D eigenvalue weighted by Gasteiger charge is 2.22. The zero-order valence-electron chi connectivity index (χ0n) is 13.4. The van der Waals surface area contributed by atoms with Gasteiger partial charge in [0.1, 0.15) is 5.75 Å². The van der Waals surface area contributed by atoms with Crippen molar-refractivity contribution < 1.29 is 9.53 Å². The first kappa shape index (κ1) is 18.0. The molecule has 1 aromatic rings. The van der Waals surface area contributed by atoms with E-state index in [2.05, 4.69) is 21.2 Å². The van der Waals surface area contributed by atoms with Crippen LogP contribution in [0.25, 0.3) is 0 Å². The van der Waals surface area contributed by atoms with Crippen LogP contribution in [0.1, 0.15) is 38.8 Å². The normalized spacial score (nSPS) is 12.9. The molecule has 0 bridgehead atoms. The molecule has 0 saturated heterocycles. The van der Waals surface area contributed by atoms with E-state index in [1.165, 1.54) is 0 Å². The Labute approximate surface area is 135 Å². The maximum absolute atomic E-state index is 12.1. The van der Waals surface area contributed by atoms with Crippen molar-refractivity contribution in [1.82, 2.24) is 5.32 Å². The van der Waals surface area contributed by atoms with Crippen LogP contribution in [-0.2, 0) is 11.2 Å². The summed E-state index contributed by atoms with van der Waals surface area (Å²) in [5.41, 5.74) is 7.38. The molecule has 1 rings (SSSR count). The first-order valence-corrected chi connectivity index (χ1v) is 7.91. The van der Waals surface area contributed by atoms with E-state index >= 15 is 0 Å². The van der Waals surface area contributed by atoms with Crippen LogP contribution < -0.4 is 15.8 Å². The predicted molar refractivity (Wildman–Crippen MR) is 89.6 cm³/mol. The van der Waals surface area contributed by atoms with Crippen LogP contribution in [0.15, 0.2) is 16.6 Å². The van der Waals surface area contributed by atoms with Crippen LogP contribution in [0, 0.1) is 6.92 Å². The predicted octanol–water partition coefficient (Wildman–Crippen LogP) is 2.94. The maximum Gasteiger partial charge on any atom is 0.261 e. The molecule has 1 amide bonds. The van der Waals surface area contributed by atoms with E-state index in [-0.39, 0.29) is 11.4 Å². The molecule has 0 aliphatic rings. The Hall–Kier alpha value is -1.07. The van der Waals surface area contributed by atoms with E-state index in [1.54, 1.807) is 6.92 Å². The Kier molecular flexibility index (Phi) is 6.23. The van der Waals surface area contributed by atoms with E-state index in [1.807, 2.05) is 39.8 Å². The lowest BCUT2D eigenvalue weighted by atomic mass is 10.1. The highest BCUT2D eigenvalue weighted by Crippen LogP contribution is 2.29. The molecule has 1 aromatic carbocycles. The molecule has 4 nitrogen and oxygen atoms in total. The van der Waals surface area contributed by atoms with Gasteiger partial charge in [0.2, 0.25) is 0 Å². The van der Waals surface area contributed by atoms with Gasteiger partial charge >= 0.3 is 0 Å². The minimum absolute atomic E-state index is 0.122. The van der Waals surface area contributed by atoms with Crippen molar-refractivity contribution in [3.8, 4) is 5.75 Å². The molecule has 0 aromatic heterocycles. The minimum Gasteiger partial charge on any atom is -0.480 e. The summed E-state index contributed by atoms with van der Waals surface area (Å²) in [5.74, 6) is 0.628. The van der Waals surface area contributed by atoms with Crippen LogP contribution in [0.5, 0.6) is 5.75 Å². The number of ether oxygens (including phenoxy) is 1. The Morgan fingerprint density at radius 1 is 1.43 bits per heavy atom. The van der Waals surface area contributed by atoms with Crippen molar-refractivity contribution in [2.45, 2.75) is 52.7 Å². The largest absolute Gasteiger partial charge is 0.480 e. The number of halogens is 1. The first-order valence-electron chi connectivity index (χ1n) is 7.12. The summed E-state index contributed by atoms with van der Waals surface area (Å²) in [6, 6.07) is 3.97. The van der Waals surface area contributed by atoms with Crippen LogP contribution in [0.2, 0.25) is 0 Å². The van der Waals surface area contributed by atoms with E-state index in [4.69, 9.17) is 10.5 Å². The van der Waals surface area contributed by atoms with E-state index in [9.17, 15) is 4.79 Å². The van der Waals surface area contributed by atoms with Gasteiger partial charge < -0.3 is 15.8 Å². The first-order chi connectivity index (χ1) is 9.64. The number of hydrogen-bond acceptors (Lipinski definition) is 3. The third-order valence-electron chi connectivity index (χ3n) is 2.89. The molecular weight excluding hydrogens is 332 g/mol. The number of benzene rings is 1. The second-order valence-corrected chi connectivity index (χ2v) is 7.16. The molecule has 0 saturated carbocycles. The summed E-state index contributed by atoms with van der Waals surface area (Å²) >= 11 is 3.48. The lowest BCUT2D eigenvalue weighted by Gasteiger charge is -2.25. The topological polar surface area (TPSA) is 64.3 Å². The third-order valence-corrected chi connectivity index (χ3v) is 3.35. The van der Waals surface area contributed by atoms with Crippen molar-refractivity contribution in [3.63, 3.8) is 0 Å². The van der Waals surface area contributed by atoms with E-state index in [0.717, 1.165) is 21.3 Å². The zero-order valence-corrected chi connectivity index (χ0v) is 15.0. The van der Waals surface area contributed by atoms with Gasteiger partial charge in [0.25, 0.3) is 5.91 Å². The van der Waals surface area contributed by atoms with E-state index < -0.39 is 6.10 Å². The van der Waals surface area contributed by atoms with Gasteiger partial charge in [-0.3, -0.25) is 4.79 Å². The molecule has 0 heterocycles. The Bertz CT molecular complexity index is 510. The highest BCUT2D eigenvalue weighted by molar-refractivity contribution is 9.10. The molecule has 0 radical (unpaired) electrons. The summed E-state index contributed by atoms with van der Waals surface area (Å²) in [5, 5.41) is 2.92. The summed E-state index contributed by atoms with van der Waals surface area (Å²) in [6.45, 7) is 10.1. The number of carbonyl (C=O) groups is 1. The Balaban J connectivity index is 2.94. The van der Waals surface area contributed by atoms with Crippen molar-refractivity contribution in [2.75, 3.05) is 6.54 Å². The number of hydrogen-bond donors (Lipinski definition) is 2. The molecule has 3 N–H and O–H groups in total. The molecule has 118 valence electrons. The fraction of sp³-hybridized carbons (Fsp3) is 0.562. The number of aryl methyl sites for hydroxylation is 1. The lowest BCUT2D eigenvalue weighted by Crippen LogP contribution is -2.46. The standard InChI is InChI=1S/C16H25BrN2O2/c1-10-8-13(17)9-12(6-7-18)14(10)21-11(2)15(20)19-16(3,4)5/h8-9,11H,6-7,18H2,1-5H3,(H,19,20). The molecule has 0 spiro atoms. The second kappa shape index (κ2) is 7.27. The molecule has 0 fully saturated rings. The molecular formula is C16H25BrN2O2. The molecule has 1 unspecified atom stereocenters. The van der Waals surface area contributed by atoms with Gasteiger partial charge in [-0.25, -0.2) is 0 Å². The Morgan fingerprint density at radius 3 is 2.57 bits per heavy atom. The minimum atomic E-state index is -0.555.